The summed E-state index contributed by atoms with van der Waals surface area (Å²) < 4.78 is 1.83. The lowest BCUT2D eigenvalue weighted by Crippen LogP contribution is -2.43. The second kappa shape index (κ2) is 7.68. The van der Waals surface area contributed by atoms with Gasteiger partial charge in [0.1, 0.15) is 4.47 Å². The van der Waals surface area contributed by atoms with Crippen molar-refractivity contribution in [2.45, 2.75) is 25.0 Å². The van der Waals surface area contributed by atoms with Crippen molar-refractivity contribution in [2.24, 2.45) is 7.05 Å². The zero-order valence-electron chi connectivity index (χ0n) is 14.4. The molecule has 0 radical (unpaired) electrons. The van der Waals surface area contributed by atoms with Crippen molar-refractivity contribution in [3.8, 4) is 0 Å². The van der Waals surface area contributed by atoms with Crippen LogP contribution >= 0.6 is 15.9 Å². The third-order valence-electron chi connectivity index (χ3n) is 4.70. The molecule has 1 aromatic heterocycles. The van der Waals surface area contributed by atoms with Crippen LogP contribution in [0.3, 0.4) is 0 Å². The Morgan fingerprint density at radius 1 is 1.28 bits per heavy atom. The van der Waals surface area contributed by atoms with Crippen molar-refractivity contribution in [3.05, 3.63) is 56.4 Å². The summed E-state index contributed by atoms with van der Waals surface area (Å²) >= 11 is 3.38. The Kier molecular flexibility index (Phi) is 5.56. The number of piperidine rings is 1. The molecule has 0 amide bonds. The minimum absolute atomic E-state index is 0.0685. The number of aromatic nitrogens is 2. The SMILES string of the molecule is CN1C[C@H](Nc2cnn(C)c(=O)c2Br)C[C@H](c2ccc(CO)cc2)C1. The van der Waals surface area contributed by atoms with Crippen LogP contribution in [0.5, 0.6) is 0 Å². The maximum atomic E-state index is 12.0. The van der Waals surface area contributed by atoms with E-state index < -0.39 is 0 Å². The molecule has 1 aliphatic heterocycles. The van der Waals surface area contributed by atoms with Gasteiger partial charge in [0.15, 0.2) is 0 Å². The maximum Gasteiger partial charge on any atom is 0.282 e. The molecule has 3 rings (SSSR count). The molecule has 0 unspecified atom stereocenters. The Bertz CT molecular complexity index is 791. The average molecular weight is 407 g/mol. The van der Waals surface area contributed by atoms with Crippen molar-refractivity contribution in [1.82, 2.24) is 14.7 Å². The number of aliphatic hydroxyl groups excluding tert-OH is 1. The van der Waals surface area contributed by atoms with Crippen LogP contribution in [0.25, 0.3) is 0 Å². The van der Waals surface area contributed by atoms with E-state index in [0.29, 0.717) is 10.4 Å². The summed E-state index contributed by atoms with van der Waals surface area (Å²) in [5.41, 5.74) is 2.79. The lowest BCUT2D eigenvalue weighted by Gasteiger charge is -2.37. The van der Waals surface area contributed by atoms with Crippen LogP contribution in [-0.2, 0) is 13.7 Å². The number of benzene rings is 1. The van der Waals surface area contributed by atoms with E-state index in [9.17, 15) is 9.90 Å². The smallest absolute Gasteiger partial charge is 0.282 e. The van der Waals surface area contributed by atoms with Crippen molar-refractivity contribution in [1.29, 1.82) is 0 Å². The first-order valence-electron chi connectivity index (χ1n) is 8.34. The van der Waals surface area contributed by atoms with E-state index in [1.54, 1.807) is 13.2 Å². The first-order valence-corrected chi connectivity index (χ1v) is 9.13. The van der Waals surface area contributed by atoms with Gasteiger partial charge in [-0.1, -0.05) is 24.3 Å². The Hall–Kier alpha value is -1.70. The average Bonchev–Trinajstić information content (AvgIpc) is 2.62. The molecular formula is C18H23BrN4O2. The van der Waals surface area contributed by atoms with Crippen molar-refractivity contribution < 1.29 is 5.11 Å². The van der Waals surface area contributed by atoms with Gasteiger partial charge in [-0.05, 0) is 46.4 Å². The summed E-state index contributed by atoms with van der Waals surface area (Å²) in [6.07, 6.45) is 2.66. The largest absolute Gasteiger partial charge is 0.392 e. The first kappa shape index (κ1) is 18.1. The predicted octanol–water partition coefficient (Wildman–Crippen LogP) is 1.93. The van der Waals surface area contributed by atoms with Crippen molar-refractivity contribution in [3.63, 3.8) is 0 Å². The van der Waals surface area contributed by atoms with Gasteiger partial charge in [0.25, 0.3) is 5.56 Å². The molecule has 2 heterocycles. The fourth-order valence-electron chi connectivity index (χ4n) is 3.39. The fraction of sp³-hybridized carbons (Fsp3) is 0.444. The van der Waals surface area contributed by atoms with Gasteiger partial charge < -0.3 is 15.3 Å². The van der Waals surface area contributed by atoms with Gasteiger partial charge in [0.2, 0.25) is 0 Å². The molecule has 25 heavy (non-hydrogen) atoms. The van der Waals surface area contributed by atoms with Crippen LogP contribution in [0.1, 0.15) is 23.5 Å². The van der Waals surface area contributed by atoms with E-state index in [1.807, 2.05) is 12.1 Å². The Morgan fingerprint density at radius 2 is 2.00 bits per heavy atom. The van der Waals surface area contributed by atoms with E-state index >= 15 is 0 Å². The number of aliphatic hydroxyl groups is 1. The minimum atomic E-state index is -0.148. The predicted molar refractivity (Wildman–Crippen MR) is 102 cm³/mol. The molecule has 2 aromatic rings. The molecule has 1 saturated heterocycles. The monoisotopic (exact) mass is 406 g/mol. The second-order valence-corrected chi connectivity index (χ2v) is 7.49. The molecule has 1 aromatic carbocycles. The van der Waals surface area contributed by atoms with Crippen LogP contribution in [-0.4, -0.2) is 46.0 Å². The molecule has 0 bridgehead atoms. The van der Waals surface area contributed by atoms with Gasteiger partial charge >= 0.3 is 0 Å². The van der Waals surface area contributed by atoms with E-state index in [-0.39, 0.29) is 18.2 Å². The van der Waals surface area contributed by atoms with Gasteiger partial charge in [0.05, 0.1) is 18.5 Å². The van der Waals surface area contributed by atoms with E-state index in [0.717, 1.165) is 30.8 Å². The van der Waals surface area contributed by atoms with Crippen LogP contribution in [0, 0.1) is 0 Å². The summed E-state index contributed by atoms with van der Waals surface area (Å²) in [4.78, 5) is 14.3. The molecular weight excluding hydrogens is 384 g/mol. The van der Waals surface area contributed by atoms with Gasteiger partial charge in [-0.2, -0.15) is 5.10 Å². The standard InChI is InChI=1S/C18H23BrN4O2/c1-22-9-14(13-5-3-12(11-24)4-6-13)7-15(10-22)21-16-8-20-23(2)18(25)17(16)19/h3-6,8,14-15,21,24H,7,9-11H2,1-2H3/t14-,15+/m0/s1. The Labute approximate surface area is 155 Å². The number of hydrogen-bond donors (Lipinski definition) is 2. The van der Waals surface area contributed by atoms with Crippen molar-refractivity contribution in [2.75, 3.05) is 25.5 Å². The van der Waals surface area contributed by atoms with E-state index in [4.69, 9.17) is 0 Å². The number of likely N-dealkylation sites (tertiary alicyclic amines) is 1. The molecule has 7 heteroatoms. The van der Waals surface area contributed by atoms with E-state index in [2.05, 4.69) is 50.4 Å². The lowest BCUT2D eigenvalue weighted by molar-refractivity contribution is 0.235. The molecule has 2 N–H and O–H groups in total. The number of aryl methyl sites for hydroxylation is 1. The van der Waals surface area contributed by atoms with Crippen LogP contribution in [0.15, 0.2) is 39.7 Å². The summed E-state index contributed by atoms with van der Waals surface area (Å²) in [7, 11) is 3.75. The molecule has 0 saturated carbocycles. The summed E-state index contributed by atoms with van der Waals surface area (Å²) in [6.45, 7) is 1.97. The van der Waals surface area contributed by atoms with Crippen LogP contribution < -0.4 is 10.9 Å². The number of halogens is 1. The highest BCUT2D eigenvalue weighted by atomic mass is 79.9. The summed E-state index contributed by atoms with van der Waals surface area (Å²) in [6, 6.07) is 8.39. The summed E-state index contributed by atoms with van der Waals surface area (Å²) in [5.74, 6) is 0.405. The van der Waals surface area contributed by atoms with Gasteiger partial charge in [-0.3, -0.25) is 4.79 Å². The highest BCUT2D eigenvalue weighted by molar-refractivity contribution is 9.10. The van der Waals surface area contributed by atoms with Crippen LogP contribution in [0.2, 0.25) is 0 Å². The molecule has 134 valence electrons. The third kappa shape index (κ3) is 4.11. The van der Waals surface area contributed by atoms with Crippen molar-refractivity contribution >= 4 is 21.6 Å². The topological polar surface area (TPSA) is 70.4 Å². The Balaban J connectivity index is 1.76. The first-order chi connectivity index (χ1) is 12.0. The quantitative estimate of drug-likeness (QED) is 0.811. The molecule has 2 atom stereocenters. The second-order valence-electron chi connectivity index (χ2n) is 6.70. The van der Waals surface area contributed by atoms with Gasteiger partial charge in [0, 0.05) is 26.2 Å². The normalized spacial score (nSPS) is 21.3. The summed E-state index contributed by atoms with van der Waals surface area (Å²) in [5, 5.41) is 16.8. The molecule has 1 fully saturated rings. The number of nitrogens with one attached hydrogen (secondary N) is 1. The number of nitrogens with zero attached hydrogens (tertiary/aromatic N) is 3. The number of anilines is 1. The molecule has 0 aliphatic carbocycles. The third-order valence-corrected chi connectivity index (χ3v) is 5.47. The van der Waals surface area contributed by atoms with Crippen LogP contribution in [0.4, 0.5) is 5.69 Å². The number of hydrogen-bond acceptors (Lipinski definition) is 5. The highest BCUT2D eigenvalue weighted by Crippen LogP contribution is 2.29. The van der Waals surface area contributed by atoms with E-state index in [1.165, 1.54) is 10.2 Å². The van der Waals surface area contributed by atoms with Gasteiger partial charge in [-0.15, -0.1) is 0 Å². The molecule has 1 aliphatic rings. The zero-order valence-corrected chi connectivity index (χ0v) is 16.0. The minimum Gasteiger partial charge on any atom is -0.392 e. The Morgan fingerprint density at radius 3 is 2.68 bits per heavy atom. The maximum absolute atomic E-state index is 12.0. The fourth-order valence-corrected chi connectivity index (χ4v) is 3.87. The van der Waals surface area contributed by atoms with Gasteiger partial charge in [-0.25, -0.2) is 4.68 Å². The molecule has 6 nitrogen and oxygen atoms in total. The highest BCUT2D eigenvalue weighted by Gasteiger charge is 2.27. The lowest BCUT2D eigenvalue weighted by atomic mass is 9.88. The molecule has 0 spiro atoms. The number of rotatable bonds is 4. The zero-order chi connectivity index (χ0) is 18.0. The number of likely N-dealkylation sites (N-methyl/N-ethyl adjacent to an activating group) is 1.